The Labute approximate surface area is 87.5 Å². The van der Waals surface area contributed by atoms with Crippen molar-refractivity contribution in [2.45, 2.75) is 13.0 Å². The van der Waals surface area contributed by atoms with Gasteiger partial charge in [-0.2, -0.15) is 5.26 Å². The minimum atomic E-state index is -0.569. The lowest BCUT2D eigenvalue weighted by Crippen LogP contribution is -2.13. The van der Waals surface area contributed by atoms with Gasteiger partial charge in [0.1, 0.15) is 18.4 Å². The van der Waals surface area contributed by atoms with Crippen molar-refractivity contribution in [1.82, 2.24) is 0 Å². The average Bonchev–Trinajstić information content (AvgIpc) is 2.15. The van der Waals surface area contributed by atoms with Crippen LogP contribution in [0, 0.1) is 11.3 Å². The fraction of sp³-hybridized carbons (Fsp3) is 0.300. The molecule has 0 aliphatic carbocycles. The molecule has 0 aliphatic heterocycles. The molecule has 0 aliphatic rings. The van der Waals surface area contributed by atoms with Gasteiger partial charge < -0.3 is 9.84 Å². The zero-order valence-corrected chi connectivity index (χ0v) is 8.45. The highest BCUT2D eigenvalue weighted by atomic mass is 35.5. The van der Waals surface area contributed by atoms with Gasteiger partial charge >= 0.3 is 0 Å². The SMILES string of the molecule is CC(O)COc1cc(Cl)ccc1C#N. The Hall–Kier alpha value is -1.24. The second-order valence-corrected chi connectivity index (χ2v) is 3.35. The molecule has 0 saturated heterocycles. The summed E-state index contributed by atoms with van der Waals surface area (Å²) in [6.07, 6.45) is -0.569. The van der Waals surface area contributed by atoms with Crippen molar-refractivity contribution >= 4 is 11.6 Å². The van der Waals surface area contributed by atoms with E-state index in [2.05, 4.69) is 0 Å². The molecule has 1 atom stereocenters. The average molecular weight is 212 g/mol. The number of benzene rings is 1. The molecule has 0 saturated carbocycles. The molecule has 74 valence electrons. The van der Waals surface area contributed by atoms with Crippen LogP contribution in [0.5, 0.6) is 5.75 Å². The standard InChI is InChI=1S/C10H10ClNO2/c1-7(13)6-14-10-4-9(11)3-2-8(10)5-12/h2-4,7,13H,6H2,1H3. The van der Waals surface area contributed by atoms with Crippen LogP contribution < -0.4 is 4.74 Å². The van der Waals surface area contributed by atoms with Gasteiger partial charge in [-0.25, -0.2) is 0 Å². The first-order valence-corrected chi connectivity index (χ1v) is 4.52. The van der Waals surface area contributed by atoms with Crippen LogP contribution in [-0.4, -0.2) is 17.8 Å². The first kappa shape index (κ1) is 10.8. The maximum Gasteiger partial charge on any atom is 0.138 e. The van der Waals surface area contributed by atoms with E-state index in [0.717, 1.165) is 0 Å². The van der Waals surface area contributed by atoms with E-state index in [0.29, 0.717) is 16.3 Å². The topological polar surface area (TPSA) is 53.2 Å². The van der Waals surface area contributed by atoms with Gasteiger partial charge in [-0.3, -0.25) is 0 Å². The number of nitrogens with zero attached hydrogens (tertiary/aromatic N) is 1. The summed E-state index contributed by atoms with van der Waals surface area (Å²) < 4.78 is 5.21. The Morgan fingerprint density at radius 1 is 1.64 bits per heavy atom. The third kappa shape index (κ3) is 2.91. The van der Waals surface area contributed by atoms with Crippen LogP contribution in [-0.2, 0) is 0 Å². The van der Waals surface area contributed by atoms with Crippen molar-refractivity contribution in [1.29, 1.82) is 5.26 Å². The quantitative estimate of drug-likeness (QED) is 0.832. The number of hydrogen-bond donors (Lipinski definition) is 1. The molecule has 0 amide bonds. The molecule has 4 heteroatoms. The summed E-state index contributed by atoms with van der Waals surface area (Å²) in [5.41, 5.74) is 0.412. The number of aliphatic hydroxyl groups excluding tert-OH is 1. The molecule has 1 aromatic rings. The van der Waals surface area contributed by atoms with E-state index in [1.54, 1.807) is 25.1 Å². The van der Waals surface area contributed by atoms with Gasteiger partial charge in [0.15, 0.2) is 0 Å². The van der Waals surface area contributed by atoms with Gasteiger partial charge in [0.2, 0.25) is 0 Å². The molecule has 3 nitrogen and oxygen atoms in total. The summed E-state index contributed by atoms with van der Waals surface area (Å²) in [5.74, 6) is 0.404. The maximum atomic E-state index is 9.01. The number of halogens is 1. The molecule has 1 aromatic carbocycles. The van der Waals surface area contributed by atoms with Gasteiger partial charge in [0, 0.05) is 11.1 Å². The summed E-state index contributed by atoms with van der Waals surface area (Å²) in [6.45, 7) is 1.76. The molecular formula is C10H10ClNO2. The molecule has 1 N–H and O–H groups in total. The molecule has 1 rings (SSSR count). The van der Waals surface area contributed by atoms with Crippen LogP contribution in [0.1, 0.15) is 12.5 Å². The van der Waals surface area contributed by atoms with Gasteiger partial charge in [0.25, 0.3) is 0 Å². The van der Waals surface area contributed by atoms with Crippen molar-refractivity contribution in [3.8, 4) is 11.8 Å². The largest absolute Gasteiger partial charge is 0.489 e. The Balaban J connectivity index is 2.84. The third-order valence-electron chi connectivity index (χ3n) is 1.54. The van der Waals surface area contributed by atoms with Crippen LogP contribution in [0.15, 0.2) is 18.2 Å². The summed E-state index contributed by atoms with van der Waals surface area (Å²) in [6, 6.07) is 6.74. The van der Waals surface area contributed by atoms with Crippen LogP contribution >= 0.6 is 11.6 Å². The van der Waals surface area contributed by atoms with Crippen molar-refractivity contribution in [2.75, 3.05) is 6.61 Å². The Kier molecular flexibility index (Phi) is 3.75. The van der Waals surface area contributed by atoms with E-state index in [1.165, 1.54) is 0 Å². The van der Waals surface area contributed by atoms with Gasteiger partial charge in [-0.05, 0) is 19.1 Å². The summed E-state index contributed by atoms with van der Waals surface area (Å²) in [4.78, 5) is 0. The monoisotopic (exact) mass is 211 g/mol. The van der Waals surface area contributed by atoms with Gasteiger partial charge in [0.05, 0.1) is 11.7 Å². The minimum Gasteiger partial charge on any atom is -0.489 e. The highest BCUT2D eigenvalue weighted by Crippen LogP contribution is 2.22. The van der Waals surface area contributed by atoms with Crippen LogP contribution in [0.2, 0.25) is 5.02 Å². The normalized spacial score (nSPS) is 11.9. The molecule has 0 spiro atoms. The minimum absolute atomic E-state index is 0.148. The lowest BCUT2D eigenvalue weighted by molar-refractivity contribution is 0.122. The van der Waals surface area contributed by atoms with E-state index in [1.807, 2.05) is 6.07 Å². The second-order valence-electron chi connectivity index (χ2n) is 2.91. The molecule has 0 bridgehead atoms. The Morgan fingerprint density at radius 3 is 2.93 bits per heavy atom. The molecule has 0 radical (unpaired) electrons. The molecule has 0 heterocycles. The van der Waals surface area contributed by atoms with Crippen molar-refractivity contribution in [2.24, 2.45) is 0 Å². The summed E-state index contributed by atoms with van der Waals surface area (Å²) in [7, 11) is 0. The first-order valence-electron chi connectivity index (χ1n) is 4.14. The first-order chi connectivity index (χ1) is 6.63. The second kappa shape index (κ2) is 4.85. The summed E-state index contributed by atoms with van der Waals surface area (Å²) >= 11 is 5.74. The lowest BCUT2D eigenvalue weighted by Gasteiger charge is -2.09. The zero-order valence-electron chi connectivity index (χ0n) is 7.70. The predicted molar refractivity (Wildman–Crippen MR) is 53.3 cm³/mol. The zero-order chi connectivity index (χ0) is 10.6. The van der Waals surface area contributed by atoms with E-state index in [-0.39, 0.29) is 6.61 Å². The van der Waals surface area contributed by atoms with Crippen molar-refractivity contribution in [3.63, 3.8) is 0 Å². The molecule has 14 heavy (non-hydrogen) atoms. The highest BCUT2D eigenvalue weighted by Gasteiger charge is 2.05. The Morgan fingerprint density at radius 2 is 2.36 bits per heavy atom. The molecule has 1 unspecified atom stereocenters. The molecular weight excluding hydrogens is 202 g/mol. The summed E-state index contributed by atoms with van der Waals surface area (Å²) in [5, 5.41) is 18.2. The van der Waals surface area contributed by atoms with Crippen molar-refractivity contribution in [3.05, 3.63) is 28.8 Å². The van der Waals surface area contributed by atoms with E-state index in [9.17, 15) is 0 Å². The van der Waals surface area contributed by atoms with Crippen LogP contribution in [0.25, 0.3) is 0 Å². The Bertz CT molecular complexity index is 358. The van der Waals surface area contributed by atoms with Gasteiger partial charge in [-0.15, -0.1) is 0 Å². The molecule has 0 fully saturated rings. The van der Waals surface area contributed by atoms with E-state index < -0.39 is 6.10 Å². The third-order valence-corrected chi connectivity index (χ3v) is 1.78. The van der Waals surface area contributed by atoms with Crippen LogP contribution in [0.4, 0.5) is 0 Å². The smallest absolute Gasteiger partial charge is 0.138 e. The maximum absolute atomic E-state index is 9.01. The lowest BCUT2D eigenvalue weighted by atomic mass is 10.2. The number of ether oxygens (including phenoxy) is 1. The number of aliphatic hydroxyl groups is 1. The van der Waals surface area contributed by atoms with E-state index in [4.69, 9.17) is 26.7 Å². The number of nitriles is 1. The van der Waals surface area contributed by atoms with Gasteiger partial charge in [-0.1, -0.05) is 11.6 Å². The molecule has 0 aromatic heterocycles. The predicted octanol–water partition coefficient (Wildman–Crippen LogP) is 1.97. The highest BCUT2D eigenvalue weighted by molar-refractivity contribution is 6.30. The van der Waals surface area contributed by atoms with Crippen LogP contribution in [0.3, 0.4) is 0 Å². The fourth-order valence-electron chi connectivity index (χ4n) is 0.918. The number of hydrogen-bond acceptors (Lipinski definition) is 3. The van der Waals surface area contributed by atoms with Crippen molar-refractivity contribution < 1.29 is 9.84 Å². The fourth-order valence-corrected chi connectivity index (χ4v) is 1.08. The van der Waals surface area contributed by atoms with E-state index >= 15 is 0 Å². The number of rotatable bonds is 3.